The normalized spacial score (nSPS) is 38.6. The van der Waals surface area contributed by atoms with Crippen LogP contribution in [0.15, 0.2) is 17.1 Å². The largest absolute Gasteiger partial charge is 0.477 e. The molecule has 1 aromatic heterocycles. The van der Waals surface area contributed by atoms with Crippen molar-refractivity contribution in [1.29, 1.82) is 0 Å². The molecule has 10 nitrogen and oxygen atoms in total. The van der Waals surface area contributed by atoms with E-state index in [-0.39, 0.29) is 34.4 Å². The number of aryl methyl sites for hydroxylation is 1. The molecule has 12 heteroatoms. The van der Waals surface area contributed by atoms with Crippen LogP contribution in [0.5, 0.6) is 0 Å². The lowest BCUT2D eigenvalue weighted by atomic mass is 9.85. The number of carbonyl (C=O) groups is 2. The highest BCUT2D eigenvalue weighted by Gasteiger charge is 2.74. The highest BCUT2D eigenvalue weighted by molar-refractivity contribution is 5.95. The number of amides is 1. The van der Waals surface area contributed by atoms with Crippen molar-refractivity contribution in [3.8, 4) is 0 Å². The molecule has 5 N–H and O–H groups in total. The number of alkyl carbamates (subject to hydrolysis) is 1. The first-order valence-corrected chi connectivity index (χ1v) is 17.0. The summed E-state index contributed by atoms with van der Waals surface area (Å²) in [6.45, 7) is 10.6. The molecule has 2 spiro atoms. The molecule has 7 fully saturated rings. The van der Waals surface area contributed by atoms with E-state index in [9.17, 15) is 23.9 Å². The van der Waals surface area contributed by atoms with Crippen molar-refractivity contribution >= 4 is 28.7 Å². The molecule has 0 radical (unpaired) electrons. The Morgan fingerprint density at radius 2 is 1.81 bits per heavy atom. The quantitative estimate of drug-likeness (QED) is 0.381. The van der Waals surface area contributed by atoms with Gasteiger partial charge in [0, 0.05) is 60.6 Å². The van der Waals surface area contributed by atoms with E-state index in [4.69, 9.17) is 10.5 Å². The van der Waals surface area contributed by atoms with Gasteiger partial charge in [0.05, 0.1) is 22.8 Å². The summed E-state index contributed by atoms with van der Waals surface area (Å²) in [7, 11) is 0. The smallest absolute Gasteiger partial charge is 0.408 e. The van der Waals surface area contributed by atoms with E-state index in [1.807, 2.05) is 25.7 Å². The first-order valence-electron chi connectivity index (χ1n) is 17.0. The van der Waals surface area contributed by atoms with Crippen LogP contribution in [0.25, 0.3) is 10.9 Å². The Morgan fingerprint density at radius 1 is 1.13 bits per heavy atom. The highest BCUT2D eigenvalue weighted by Crippen LogP contribution is 2.71. The maximum atomic E-state index is 15.4. The number of nitrogens with zero attached hydrogens (tertiary/aromatic N) is 2. The highest BCUT2D eigenvalue weighted by atomic mass is 19.1. The number of nitrogens with one attached hydrogen (secondary N) is 2. The number of benzene rings is 1. The minimum atomic E-state index is -1.40. The summed E-state index contributed by atoms with van der Waals surface area (Å²) in [6, 6.07) is 0.589. The lowest BCUT2D eigenvalue weighted by Gasteiger charge is -2.33. The molecule has 2 aromatic rings. The van der Waals surface area contributed by atoms with Gasteiger partial charge in [0.1, 0.15) is 23.2 Å². The third-order valence-electron chi connectivity index (χ3n) is 12.9. The zero-order valence-corrected chi connectivity index (χ0v) is 27.6. The van der Waals surface area contributed by atoms with E-state index >= 15 is 4.39 Å². The summed E-state index contributed by atoms with van der Waals surface area (Å²) >= 11 is 0. The molecule has 47 heavy (non-hydrogen) atoms. The van der Waals surface area contributed by atoms with Gasteiger partial charge in [-0.2, -0.15) is 0 Å². The average molecular weight is 654 g/mol. The van der Waals surface area contributed by atoms with Crippen LogP contribution in [-0.4, -0.2) is 70.8 Å². The number of hydrogen-bond donors (Lipinski definition) is 4. The second kappa shape index (κ2) is 9.68. The summed E-state index contributed by atoms with van der Waals surface area (Å²) in [4.78, 5) is 38.3. The van der Waals surface area contributed by atoms with Gasteiger partial charge in [-0.1, -0.05) is 0 Å². The van der Waals surface area contributed by atoms with Crippen molar-refractivity contribution in [1.82, 2.24) is 15.2 Å². The lowest BCUT2D eigenvalue weighted by Crippen LogP contribution is -2.54. The molecular weight excluding hydrogens is 608 g/mol. The van der Waals surface area contributed by atoms with Gasteiger partial charge >= 0.3 is 12.1 Å². The third-order valence-corrected chi connectivity index (χ3v) is 12.9. The third kappa shape index (κ3) is 4.42. The van der Waals surface area contributed by atoms with Crippen molar-refractivity contribution in [3.63, 3.8) is 0 Å². The number of carbonyl (C=O) groups excluding carboxylic acids is 1. The number of anilines is 1. The lowest BCUT2D eigenvalue weighted by molar-refractivity contribution is 0.0432. The summed E-state index contributed by atoms with van der Waals surface area (Å²) in [5, 5.41) is 16.0. The van der Waals surface area contributed by atoms with Gasteiger partial charge in [-0.05, 0) is 89.7 Å². The molecule has 2 saturated heterocycles. The molecule has 2 aliphatic heterocycles. The summed E-state index contributed by atoms with van der Waals surface area (Å²) in [6.07, 6.45) is 6.88. The number of fused-ring (bicyclic) bond motifs is 1. The molecular formula is C35H45F2N5O5. The van der Waals surface area contributed by atoms with E-state index in [1.165, 1.54) is 23.6 Å². The maximum Gasteiger partial charge on any atom is 0.408 e. The minimum Gasteiger partial charge on any atom is -0.477 e. The maximum absolute atomic E-state index is 15.4. The Morgan fingerprint density at radius 3 is 2.43 bits per heavy atom. The standard InChI is InChI=1S/C22H23F2N3O3.C13H22N2O2/c1-10-17-12(19(28)13(20(29)30)7-27(17)16-5-14(16)23)4-15(24)18(10)26-8-21-6-11(21)2-3-22(21,25)9-26;1-11(2,3)17-10(16)15-13-5-4-9-6-12(9,13)7-14-8-13/h4,7,11,14,16H,2-3,5-6,8-9,25H2,1H3,(H,29,30);9,14H,4-8H2,1-3H3,(H,15,16)/t11?,14-,16+,21?,22?;/m0./s1. The van der Waals surface area contributed by atoms with Crippen LogP contribution in [0.4, 0.5) is 19.3 Å². The summed E-state index contributed by atoms with van der Waals surface area (Å²) < 4.78 is 36.2. The zero-order valence-electron chi connectivity index (χ0n) is 27.6. The molecule has 1 aromatic carbocycles. The molecule has 8 atom stereocenters. The zero-order chi connectivity index (χ0) is 33.5. The second-order valence-electron chi connectivity index (χ2n) is 16.6. The predicted octanol–water partition coefficient (Wildman–Crippen LogP) is 4.40. The number of halogens is 2. The first kappa shape index (κ1) is 31.0. The number of hydrogen-bond acceptors (Lipinski definition) is 7. The first-order chi connectivity index (χ1) is 22.0. The van der Waals surface area contributed by atoms with Crippen LogP contribution in [-0.2, 0) is 4.74 Å². The van der Waals surface area contributed by atoms with Crippen LogP contribution in [0.2, 0.25) is 0 Å². The van der Waals surface area contributed by atoms with Crippen molar-refractivity contribution in [2.24, 2.45) is 28.4 Å². The molecule has 0 bridgehead atoms. The monoisotopic (exact) mass is 653 g/mol. The van der Waals surface area contributed by atoms with Crippen molar-refractivity contribution < 1.29 is 28.2 Å². The number of aromatic nitrogens is 1. The van der Waals surface area contributed by atoms with Gasteiger partial charge in [0.15, 0.2) is 0 Å². The summed E-state index contributed by atoms with van der Waals surface area (Å²) in [5.41, 5.74) is 6.51. The molecule has 5 saturated carbocycles. The van der Waals surface area contributed by atoms with E-state index in [1.54, 1.807) is 6.92 Å². The average Bonchev–Trinajstić information content (AvgIpc) is 3.87. The Labute approximate surface area is 272 Å². The van der Waals surface area contributed by atoms with Crippen LogP contribution >= 0.6 is 0 Å². The fourth-order valence-corrected chi connectivity index (χ4v) is 10.3. The minimum absolute atomic E-state index is 0.0166. The van der Waals surface area contributed by atoms with E-state index in [0.29, 0.717) is 41.2 Å². The van der Waals surface area contributed by atoms with Crippen molar-refractivity contribution in [3.05, 3.63) is 39.4 Å². The van der Waals surface area contributed by atoms with Crippen molar-refractivity contribution in [2.75, 3.05) is 31.1 Å². The van der Waals surface area contributed by atoms with Crippen LogP contribution in [0.1, 0.15) is 87.7 Å². The van der Waals surface area contributed by atoms with E-state index in [0.717, 1.165) is 50.8 Å². The SMILES string of the molecule is CC(C)(C)OC(=O)NC12CCC3CC31CNC2.Cc1c(N2CC3(N)CCC4CC43C2)c(F)cc2c(=O)c(C(=O)O)cn([C@@H]3C[C@@H]3F)c12. The number of carboxylic acid groups (broad SMARTS) is 1. The van der Waals surface area contributed by atoms with Gasteiger partial charge in [0.25, 0.3) is 0 Å². The predicted molar refractivity (Wildman–Crippen MR) is 172 cm³/mol. The van der Waals surface area contributed by atoms with Crippen molar-refractivity contribution in [2.45, 2.75) is 102 Å². The van der Waals surface area contributed by atoms with Gasteiger partial charge < -0.3 is 35.7 Å². The topological polar surface area (TPSA) is 139 Å². The Bertz CT molecular complexity index is 1780. The number of carboxylic acids is 1. The molecule has 7 aliphatic rings. The molecule has 5 aliphatic carbocycles. The van der Waals surface area contributed by atoms with E-state index < -0.39 is 40.6 Å². The number of nitrogens with two attached hydrogens (primary N) is 1. The number of ether oxygens (including phenoxy) is 1. The second-order valence-corrected chi connectivity index (χ2v) is 16.6. The Balaban J connectivity index is 0.000000162. The van der Waals surface area contributed by atoms with Gasteiger partial charge in [0.2, 0.25) is 5.43 Å². The Kier molecular flexibility index (Phi) is 6.39. The number of pyridine rings is 1. The van der Waals surface area contributed by atoms with Crippen LogP contribution in [0, 0.1) is 35.4 Å². The van der Waals surface area contributed by atoms with Crippen LogP contribution < -0.4 is 26.7 Å². The van der Waals surface area contributed by atoms with E-state index in [2.05, 4.69) is 10.6 Å². The van der Waals surface area contributed by atoms with Gasteiger partial charge in [-0.25, -0.2) is 18.4 Å². The molecule has 6 unspecified atom stereocenters. The van der Waals surface area contributed by atoms with Gasteiger partial charge in [-0.3, -0.25) is 4.79 Å². The fraction of sp³-hybridized carbons (Fsp3) is 0.686. The number of aromatic carboxylic acids is 1. The number of alkyl halides is 1. The summed E-state index contributed by atoms with van der Waals surface area (Å²) in [5.74, 6) is -0.528. The molecule has 3 heterocycles. The van der Waals surface area contributed by atoms with Crippen LogP contribution in [0.3, 0.4) is 0 Å². The molecule has 9 rings (SSSR count). The number of rotatable bonds is 4. The van der Waals surface area contributed by atoms with Gasteiger partial charge in [-0.15, -0.1) is 0 Å². The Hall–Kier alpha value is -3.25. The molecule has 1 amide bonds. The molecule has 254 valence electrons. The fourth-order valence-electron chi connectivity index (χ4n) is 10.3.